The highest BCUT2D eigenvalue weighted by Gasteiger charge is 2.19. The van der Waals surface area contributed by atoms with Crippen LogP contribution < -0.4 is 5.73 Å². The summed E-state index contributed by atoms with van der Waals surface area (Å²) in [5.41, 5.74) is 7.18. The van der Waals surface area contributed by atoms with Crippen LogP contribution in [0.2, 0.25) is 0 Å². The normalized spacial score (nSPS) is 10.7. The van der Waals surface area contributed by atoms with Crippen LogP contribution in [0.5, 0.6) is 0 Å². The molecule has 0 unspecified atom stereocenters. The van der Waals surface area contributed by atoms with E-state index in [9.17, 15) is 4.79 Å². The van der Waals surface area contributed by atoms with Gasteiger partial charge in [0, 0.05) is 19.2 Å². The number of amides is 1. The highest BCUT2D eigenvalue weighted by Crippen LogP contribution is 2.15. The molecule has 2 heterocycles. The Morgan fingerprint density at radius 1 is 1.33 bits per heavy atom. The van der Waals surface area contributed by atoms with E-state index in [2.05, 4.69) is 15.0 Å². The minimum Gasteiger partial charge on any atom is -0.396 e. The number of hydrogen-bond acceptors (Lipinski definition) is 5. The van der Waals surface area contributed by atoms with Crippen molar-refractivity contribution < 1.29 is 4.79 Å². The number of aromatic nitrogens is 3. The van der Waals surface area contributed by atoms with Gasteiger partial charge in [-0.05, 0) is 12.1 Å². The standard InChI is InChI=1S/C15H19N5O/c1-10(2)14-18-8-12(16)13(19-14)15(21)20(3)9-11-6-4-5-7-17-11/h4-8,10H,9,16H2,1-3H3. The van der Waals surface area contributed by atoms with E-state index in [4.69, 9.17) is 5.73 Å². The van der Waals surface area contributed by atoms with Crippen LogP contribution in [0.25, 0.3) is 0 Å². The molecule has 0 aromatic carbocycles. The summed E-state index contributed by atoms with van der Waals surface area (Å²) >= 11 is 0. The summed E-state index contributed by atoms with van der Waals surface area (Å²) in [6.45, 7) is 4.34. The quantitative estimate of drug-likeness (QED) is 0.926. The number of nitrogens with zero attached hydrogens (tertiary/aromatic N) is 4. The molecule has 2 N–H and O–H groups in total. The topological polar surface area (TPSA) is 85.0 Å². The first kappa shape index (κ1) is 14.9. The van der Waals surface area contributed by atoms with Crippen molar-refractivity contribution in [1.29, 1.82) is 0 Å². The molecule has 0 fully saturated rings. The van der Waals surface area contributed by atoms with Crippen LogP contribution >= 0.6 is 0 Å². The van der Waals surface area contributed by atoms with Crippen LogP contribution in [-0.4, -0.2) is 32.8 Å². The van der Waals surface area contributed by atoms with Crippen LogP contribution in [0.4, 0.5) is 5.69 Å². The third-order valence-electron chi connectivity index (χ3n) is 3.03. The second-order valence-electron chi connectivity index (χ2n) is 5.17. The van der Waals surface area contributed by atoms with Gasteiger partial charge in [0.1, 0.15) is 5.82 Å². The van der Waals surface area contributed by atoms with Gasteiger partial charge in [-0.15, -0.1) is 0 Å². The van der Waals surface area contributed by atoms with Gasteiger partial charge in [-0.25, -0.2) is 9.97 Å². The van der Waals surface area contributed by atoms with E-state index >= 15 is 0 Å². The molecule has 0 atom stereocenters. The van der Waals surface area contributed by atoms with Gasteiger partial charge in [0.05, 0.1) is 24.1 Å². The number of nitrogens with two attached hydrogens (primary N) is 1. The fourth-order valence-electron chi connectivity index (χ4n) is 1.84. The lowest BCUT2D eigenvalue weighted by molar-refractivity contribution is 0.0778. The highest BCUT2D eigenvalue weighted by atomic mass is 16.2. The van der Waals surface area contributed by atoms with E-state index in [0.717, 1.165) is 5.69 Å². The predicted octanol–water partition coefficient (Wildman–Crippen LogP) is 1.85. The van der Waals surface area contributed by atoms with E-state index in [1.54, 1.807) is 18.1 Å². The first-order chi connectivity index (χ1) is 9.99. The van der Waals surface area contributed by atoms with Crippen molar-refractivity contribution in [2.45, 2.75) is 26.3 Å². The van der Waals surface area contributed by atoms with Gasteiger partial charge in [0.25, 0.3) is 5.91 Å². The molecular formula is C15H19N5O. The molecule has 2 rings (SSSR count). The van der Waals surface area contributed by atoms with Gasteiger partial charge in [-0.2, -0.15) is 0 Å². The monoisotopic (exact) mass is 285 g/mol. The molecule has 2 aromatic rings. The average Bonchev–Trinajstić information content (AvgIpc) is 2.47. The molecule has 0 saturated carbocycles. The van der Waals surface area contributed by atoms with Crippen molar-refractivity contribution in [1.82, 2.24) is 19.9 Å². The first-order valence-electron chi connectivity index (χ1n) is 6.76. The summed E-state index contributed by atoms with van der Waals surface area (Å²) in [6.07, 6.45) is 3.19. The fourth-order valence-corrected chi connectivity index (χ4v) is 1.84. The number of carbonyl (C=O) groups is 1. The Labute approximate surface area is 124 Å². The maximum atomic E-state index is 12.5. The number of pyridine rings is 1. The van der Waals surface area contributed by atoms with Gasteiger partial charge >= 0.3 is 0 Å². The largest absolute Gasteiger partial charge is 0.396 e. The maximum absolute atomic E-state index is 12.5. The summed E-state index contributed by atoms with van der Waals surface area (Å²) in [6, 6.07) is 5.59. The Morgan fingerprint density at radius 2 is 2.10 bits per heavy atom. The summed E-state index contributed by atoms with van der Waals surface area (Å²) in [7, 11) is 1.70. The van der Waals surface area contributed by atoms with E-state index in [-0.39, 0.29) is 23.2 Å². The number of nitrogen functional groups attached to an aromatic ring is 1. The Bertz CT molecular complexity index is 627. The number of hydrogen-bond donors (Lipinski definition) is 1. The summed E-state index contributed by atoms with van der Waals surface area (Å²) in [5.74, 6) is 0.513. The van der Waals surface area contributed by atoms with Crippen LogP contribution in [0, 0.1) is 0 Å². The Hall–Kier alpha value is -2.50. The van der Waals surface area contributed by atoms with Crippen molar-refractivity contribution in [3.05, 3.63) is 47.8 Å². The molecule has 0 aliphatic heterocycles. The van der Waals surface area contributed by atoms with Gasteiger partial charge in [-0.3, -0.25) is 9.78 Å². The van der Waals surface area contributed by atoms with Crippen molar-refractivity contribution in [2.24, 2.45) is 0 Å². The smallest absolute Gasteiger partial charge is 0.274 e. The number of rotatable bonds is 4. The second kappa shape index (κ2) is 6.30. The molecule has 21 heavy (non-hydrogen) atoms. The zero-order valence-electron chi connectivity index (χ0n) is 12.4. The van der Waals surface area contributed by atoms with E-state index in [1.165, 1.54) is 6.20 Å². The lowest BCUT2D eigenvalue weighted by Gasteiger charge is -2.17. The molecule has 1 amide bonds. The summed E-state index contributed by atoms with van der Waals surface area (Å²) < 4.78 is 0. The third-order valence-corrected chi connectivity index (χ3v) is 3.03. The predicted molar refractivity (Wildman–Crippen MR) is 80.6 cm³/mol. The molecule has 6 heteroatoms. The molecular weight excluding hydrogens is 266 g/mol. The van der Waals surface area contributed by atoms with Crippen LogP contribution in [0.1, 0.15) is 41.8 Å². The summed E-state index contributed by atoms with van der Waals surface area (Å²) in [5, 5.41) is 0. The number of carbonyl (C=O) groups excluding carboxylic acids is 1. The lowest BCUT2D eigenvalue weighted by Crippen LogP contribution is -2.28. The van der Waals surface area contributed by atoms with Gasteiger partial charge in [0.15, 0.2) is 5.69 Å². The summed E-state index contributed by atoms with van der Waals surface area (Å²) in [4.78, 5) is 26.7. The molecule has 6 nitrogen and oxygen atoms in total. The third kappa shape index (κ3) is 3.53. The number of anilines is 1. The minimum atomic E-state index is -0.234. The fraction of sp³-hybridized carbons (Fsp3) is 0.333. The SMILES string of the molecule is CC(C)c1ncc(N)c(C(=O)N(C)Cc2ccccn2)n1. The molecule has 0 radical (unpaired) electrons. The highest BCUT2D eigenvalue weighted by molar-refractivity contribution is 5.96. The van der Waals surface area contributed by atoms with Gasteiger partial charge in [-0.1, -0.05) is 19.9 Å². The minimum absolute atomic E-state index is 0.137. The lowest BCUT2D eigenvalue weighted by atomic mass is 10.2. The van der Waals surface area contributed by atoms with Crippen molar-refractivity contribution in [2.75, 3.05) is 12.8 Å². The average molecular weight is 285 g/mol. The van der Waals surface area contributed by atoms with Crippen molar-refractivity contribution >= 4 is 11.6 Å². The van der Waals surface area contributed by atoms with Crippen LogP contribution in [0.3, 0.4) is 0 Å². The van der Waals surface area contributed by atoms with Crippen molar-refractivity contribution in [3.63, 3.8) is 0 Å². The first-order valence-corrected chi connectivity index (χ1v) is 6.76. The second-order valence-corrected chi connectivity index (χ2v) is 5.17. The zero-order chi connectivity index (χ0) is 15.4. The molecule has 0 aliphatic rings. The molecule has 0 aliphatic carbocycles. The molecule has 2 aromatic heterocycles. The molecule has 0 saturated heterocycles. The molecule has 0 spiro atoms. The van der Waals surface area contributed by atoms with E-state index < -0.39 is 0 Å². The molecule has 0 bridgehead atoms. The Balaban J connectivity index is 2.21. The van der Waals surface area contributed by atoms with E-state index in [1.807, 2.05) is 32.0 Å². The molecule has 110 valence electrons. The van der Waals surface area contributed by atoms with E-state index in [0.29, 0.717) is 12.4 Å². The van der Waals surface area contributed by atoms with Gasteiger partial charge < -0.3 is 10.6 Å². The van der Waals surface area contributed by atoms with Crippen LogP contribution in [-0.2, 0) is 6.54 Å². The van der Waals surface area contributed by atoms with Crippen molar-refractivity contribution in [3.8, 4) is 0 Å². The van der Waals surface area contributed by atoms with Gasteiger partial charge in [0.2, 0.25) is 0 Å². The Kier molecular flexibility index (Phi) is 4.47. The van der Waals surface area contributed by atoms with Crippen LogP contribution in [0.15, 0.2) is 30.6 Å². The Morgan fingerprint density at radius 3 is 2.71 bits per heavy atom. The maximum Gasteiger partial charge on any atom is 0.274 e. The zero-order valence-corrected chi connectivity index (χ0v) is 12.4.